The maximum atomic E-state index is 11.7. The molecule has 0 bridgehead atoms. The highest BCUT2D eigenvalue weighted by Gasteiger charge is 2.03. The molecule has 2 amide bonds. The highest BCUT2D eigenvalue weighted by molar-refractivity contribution is 6.30. The molecule has 0 spiro atoms. The Morgan fingerprint density at radius 3 is 1.75 bits per heavy atom. The fraction of sp³-hybridized carbons (Fsp3) is 0. The normalized spacial score (nSPS) is 9.85. The molecule has 0 fully saturated rings. The van der Waals surface area contributed by atoms with Crippen LogP contribution in [0, 0.1) is 0 Å². The first-order valence-electron chi connectivity index (χ1n) is 5.69. The smallest absolute Gasteiger partial charge is 0.323 e. The summed E-state index contributed by atoms with van der Waals surface area (Å²) in [5, 5.41) is 16.4. The number of urea groups is 1. The first kappa shape index (κ1) is 13.9. The van der Waals surface area contributed by atoms with E-state index in [1.54, 1.807) is 24.3 Å². The standard InChI is InChI=1S/C14H11ClN2O3/c15-10-3-7-12(8-4-10)17-14(20)16-11-5-1-9(2-6-11)13(18)19/h1-8H,(H,18,19)(H2,16,17,20)/p-1. The van der Waals surface area contributed by atoms with Crippen LogP contribution in [0.25, 0.3) is 0 Å². The van der Waals surface area contributed by atoms with Crippen molar-refractivity contribution in [2.24, 2.45) is 0 Å². The van der Waals surface area contributed by atoms with E-state index in [1.807, 2.05) is 0 Å². The minimum Gasteiger partial charge on any atom is -0.545 e. The van der Waals surface area contributed by atoms with Crippen molar-refractivity contribution in [2.75, 3.05) is 10.6 Å². The third kappa shape index (κ3) is 3.73. The molecule has 0 aliphatic heterocycles. The first-order chi connectivity index (χ1) is 9.54. The van der Waals surface area contributed by atoms with Gasteiger partial charge >= 0.3 is 6.03 Å². The van der Waals surface area contributed by atoms with Crippen molar-refractivity contribution in [2.45, 2.75) is 0 Å². The summed E-state index contributed by atoms with van der Waals surface area (Å²) in [6.45, 7) is 0. The van der Waals surface area contributed by atoms with E-state index in [0.717, 1.165) is 0 Å². The number of carbonyl (C=O) groups is 2. The first-order valence-corrected chi connectivity index (χ1v) is 6.07. The van der Waals surface area contributed by atoms with Gasteiger partial charge in [0.15, 0.2) is 0 Å². The summed E-state index contributed by atoms with van der Waals surface area (Å²) in [5.74, 6) is -1.26. The number of anilines is 2. The number of aromatic carboxylic acids is 1. The lowest BCUT2D eigenvalue weighted by molar-refractivity contribution is -0.255. The van der Waals surface area contributed by atoms with Gasteiger partial charge in [-0.05, 0) is 42.0 Å². The van der Waals surface area contributed by atoms with E-state index in [4.69, 9.17) is 11.6 Å². The van der Waals surface area contributed by atoms with Gasteiger partial charge in [-0.25, -0.2) is 4.79 Å². The van der Waals surface area contributed by atoms with E-state index in [9.17, 15) is 14.7 Å². The van der Waals surface area contributed by atoms with Gasteiger partial charge in [0.05, 0.1) is 5.97 Å². The van der Waals surface area contributed by atoms with Crippen LogP contribution in [0.1, 0.15) is 10.4 Å². The number of amides is 2. The predicted molar refractivity (Wildman–Crippen MR) is 74.9 cm³/mol. The Hall–Kier alpha value is -2.53. The second kappa shape index (κ2) is 6.08. The SMILES string of the molecule is O=C(Nc1ccc(Cl)cc1)Nc1ccc(C(=O)[O-])cc1. The summed E-state index contributed by atoms with van der Waals surface area (Å²) < 4.78 is 0. The fourth-order valence-electron chi connectivity index (χ4n) is 1.52. The highest BCUT2D eigenvalue weighted by Crippen LogP contribution is 2.14. The minimum atomic E-state index is -1.26. The third-order valence-electron chi connectivity index (χ3n) is 2.48. The van der Waals surface area contributed by atoms with E-state index in [0.29, 0.717) is 16.4 Å². The summed E-state index contributed by atoms with van der Waals surface area (Å²) in [6.07, 6.45) is 0. The topological polar surface area (TPSA) is 81.3 Å². The number of nitrogens with one attached hydrogen (secondary N) is 2. The number of hydrogen-bond acceptors (Lipinski definition) is 3. The van der Waals surface area contributed by atoms with Crippen LogP contribution in [0.15, 0.2) is 48.5 Å². The predicted octanol–water partition coefficient (Wildman–Crippen LogP) is 2.35. The molecule has 0 unspecified atom stereocenters. The number of rotatable bonds is 3. The summed E-state index contributed by atoms with van der Waals surface area (Å²) in [5.41, 5.74) is 1.12. The zero-order valence-corrected chi connectivity index (χ0v) is 11.0. The number of hydrogen-bond donors (Lipinski definition) is 2. The Bertz CT molecular complexity index is 624. The zero-order valence-electron chi connectivity index (χ0n) is 10.2. The number of carboxylic acids is 1. The Kier molecular flexibility index (Phi) is 4.22. The van der Waals surface area contributed by atoms with Gasteiger partial charge in [-0.3, -0.25) is 0 Å². The lowest BCUT2D eigenvalue weighted by atomic mass is 10.2. The molecule has 0 radical (unpaired) electrons. The molecule has 0 aliphatic carbocycles. The molecule has 6 heteroatoms. The number of benzene rings is 2. The summed E-state index contributed by atoms with van der Waals surface area (Å²) in [7, 11) is 0. The van der Waals surface area contributed by atoms with E-state index < -0.39 is 12.0 Å². The summed E-state index contributed by atoms with van der Waals surface area (Å²) in [4.78, 5) is 22.3. The molecule has 5 nitrogen and oxygen atoms in total. The van der Waals surface area contributed by atoms with Crippen molar-refractivity contribution in [1.82, 2.24) is 0 Å². The largest absolute Gasteiger partial charge is 0.545 e. The average molecular weight is 290 g/mol. The van der Waals surface area contributed by atoms with Crippen LogP contribution < -0.4 is 15.7 Å². The Labute approximate surface area is 120 Å². The monoisotopic (exact) mass is 289 g/mol. The van der Waals surface area contributed by atoms with Gasteiger partial charge in [-0.2, -0.15) is 0 Å². The number of halogens is 1. The van der Waals surface area contributed by atoms with Crippen molar-refractivity contribution >= 4 is 35.0 Å². The molecule has 0 aliphatic rings. The lowest BCUT2D eigenvalue weighted by Gasteiger charge is -2.08. The Balaban J connectivity index is 1.97. The molecular weight excluding hydrogens is 280 g/mol. The average Bonchev–Trinajstić information content (AvgIpc) is 2.42. The highest BCUT2D eigenvalue weighted by atomic mass is 35.5. The Morgan fingerprint density at radius 2 is 1.30 bits per heavy atom. The molecule has 2 N–H and O–H groups in total. The molecule has 2 aromatic carbocycles. The lowest BCUT2D eigenvalue weighted by Crippen LogP contribution is -2.22. The van der Waals surface area contributed by atoms with Crippen LogP contribution in [-0.4, -0.2) is 12.0 Å². The van der Waals surface area contributed by atoms with Crippen molar-refractivity contribution in [3.05, 3.63) is 59.1 Å². The van der Waals surface area contributed by atoms with Crippen LogP contribution in [0.5, 0.6) is 0 Å². The molecule has 0 aromatic heterocycles. The molecule has 0 heterocycles. The quantitative estimate of drug-likeness (QED) is 0.910. The van der Waals surface area contributed by atoms with Gasteiger partial charge in [0.25, 0.3) is 0 Å². The zero-order chi connectivity index (χ0) is 14.5. The van der Waals surface area contributed by atoms with Gasteiger partial charge in [-0.1, -0.05) is 23.7 Å². The molecule has 0 saturated heterocycles. The van der Waals surface area contributed by atoms with E-state index >= 15 is 0 Å². The van der Waals surface area contributed by atoms with Crippen LogP contribution in [0.4, 0.5) is 16.2 Å². The van der Waals surface area contributed by atoms with Crippen LogP contribution in [-0.2, 0) is 0 Å². The van der Waals surface area contributed by atoms with Crippen molar-refractivity contribution in [1.29, 1.82) is 0 Å². The van der Waals surface area contributed by atoms with Gasteiger partial charge in [-0.15, -0.1) is 0 Å². The summed E-state index contributed by atoms with van der Waals surface area (Å²) >= 11 is 5.74. The maximum absolute atomic E-state index is 11.7. The molecule has 0 atom stereocenters. The van der Waals surface area contributed by atoms with Crippen LogP contribution >= 0.6 is 11.6 Å². The molecule has 0 saturated carbocycles. The molecular formula is C14H10ClN2O3-. The van der Waals surface area contributed by atoms with Crippen molar-refractivity contribution in [3.63, 3.8) is 0 Å². The molecule has 102 valence electrons. The van der Waals surface area contributed by atoms with E-state index in [2.05, 4.69) is 10.6 Å². The molecule has 20 heavy (non-hydrogen) atoms. The van der Waals surface area contributed by atoms with Gasteiger partial charge in [0.1, 0.15) is 0 Å². The number of carboxylic acid groups (broad SMARTS) is 1. The van der Waals surface area contributed by atoms with Gasteiger partial charge in [0.2, 0.25) is 0 Å². The molecule has 2 rings (SSSR count). The maximum Gasteiger partial charge on any atom is 0.323 e. The van der Waals surface area contributed by atoms with Crippen LogP contribution in [0.2, 0.25) is 5.02 Å². The van der Waals surface area contributed by atoms with Crippen molar-refractivity contribution in [3.8, 4) is 0 Å². The molecule has 2 aromatic rings. The van der Waals surface area contributed by atoms with Gasteiger partial charge in [0, 0.05) is 16.4 Å². The second-order valence-corrected chi connectivity index (χ2v) is 4.39. The third-order valence-corrected chi connectivity index (χ3v) is 2.73. The Morgan fingerprint density at radius 1 is 0.850 bits per heavy atom. The van der Waals surface area contributed by atoms with E-state index in [-0.39, 0.29) is 5.56 Å². The second-order valence-electron chi connectivity index (χ2n) is 3.95. The number of carbonyl (C=O) groups excluding carboxylic acids is 2. The summed E-state index contributed by atoms with van der Waals surface area (Å²) in [6, 6.07) is 11.9. The van der Waals surface area contributed by atoms with Gasteiger partial charge < -0.3 is 20.5 Å². The fourth-order valence-corrected chi connectivity index (χ4v) is 1.64. The minimum absolute atomic E-state index is 0.0497. The van der Waals surface area contributed by atoms with E-state index in [1.165, 1.54) is 24.3 Å². The van der Waals surface area contributed by atoms with Crippen molar-refractivity contribution < 1.29 is 14.7 Å². The van der Waals surface area contributed by atoms with Crippen LogP contribution in [0.3, 0.4) is 0 Å².